The van der Waals surface area contributed by atoms with Crippen LogP contribution in [0.5, 0.6) is 0 Å². The third-order valence-corrected chi connectivity index (χ3v) is 4.98. The molecule has 0 amide bonds. The van der Waals surface area contributed by atoms with Crippen molar-refractivity contribution in [2.45, 2.75) is 18.9 Å². The van der Waals surface area contributed by atoms with E-state index in [2.05, 4.69) is 21.2 Å². The van der Waals surface area contributed by atoms with Gasteiger partial charge in [0, 0.05) is 37.8 Å². The van der Waals surface area contributed by atoms with E-state index >= 15 is 0 Å². The number of nitrogens with one attached hydrogen (secondary N) is 1. The van der Waals surface area contributed by atoms with Crippen LogP contribution in [0.4, 0.5) is 5.69 Å². The minimum atomic E-state index is -0.606. The number of hydrogen-bond acceptors (Lipinski definition) is 2. The van der Waals surface area contributed by atoms with Crippen LogP contribution in [-0.4, -0.2) is 21.8 Å². The molecule has 1 N–H and O–H groups in total. The van der Waals surface area contributed by atoms with E-state index < -0.39 is 10.8 Å². The normalized spacial score (nSPS) is 25.4. The summed E-state index contributed by atoms with van der Waals surface area (Å²) in [5.41, 5.74) is 1.02. The third-order valence-electron chi connectivity index (χ3n) is 2.68. The van der Waals surface area contributed by atoms with E-state index in [9.17, 15) is 4.21 Å². The number of anilines is 1. The van der Waals surface area contributed by atoms with Gasteiger partial charge in [0.25, 0.3) is 0 Å². The Morgan fingerprint density at radius 2 is 2.06 bits per heavy atom. The van der Waals surface area contributed by atoms with Crippen molar-refractivity contribution in [3.63, 3.8) is 0 Å². The quantitative estimate of drug-likeness (QED) is 0.904. The highest BCUT2D eigenvalue weighted by molar-refractivity contribution is 9.10. The molecule has 1 saturated heterocycles. The summed E-state index contributed by atoms with van der Waals surface area (Å²) >= 11 is 9.44. The lowest BCUT2D eigenvalue weighted by molar-refractivity contribution is 0.624. The highest BCUT2D eigenvalue weighted by atomic mass is 79.9. The van der Waals surface area contributed by atoms with Crippen molar-refractivity contribution in [2.75, 3.05) is 16.8 Å². The maximum Gasteiger partial charge on any atom is 0.0501 e. The first-order chi connectivity index (χ1) is 7.65. The Morgan fingerprint density at radius 1 is 1.38 bits per heavy atom. The Hall–Kier alpha value is -0.0600. The zero-order valence-corrected chi connectivity index (χ0v) is 11.9. The molecule has 1 aliphatic heterocycles. The zero-order valence-electron chi connectivity index (χ0n) is 8.71. The minimum absolute atomic E-state index is 0.410. The summed E-state index contributed by atoms with van der Waals surface area (Å²) in [6.45, 7) is 0. The fraction of sp³-hybridized carbons (Fsp3) is 0.455. The van der Waals surface area contributed by atoms with E-state index in [4.69, 9.17) is 11.6 Å². The summed E-state index contributed by atoms with van der Waals surface area (Å²) in [6, 6.07) is 6.11. The van der Waals surface area contributed by atoms with Crippen LogP contribution in [0.2, 0.25) is 5.02 Å². The van der Waals surface area contributed by atoms with E-state index in [1.165, 1.54) is 0 Å². The molecular weight excluding hydrogens is 310 g/mol. The molecule has 0 radical (unpaired) electrons. The Labute approximate surface area is 111 Å². The lowest BCUT2D eigenvalue weighted by atomic mass is 10.1. The second-order valence-electron chi connectivity index (χ2n) is 3.89. The average Bonchev–Trinajstić information content (AvgIpc) is 2.27. The van der Waals surface area contributed by atoms with E-state index in [0.29, 0.717) is 6.04 Å². The molecule has 0 unspecified atom stereocenters. The molecular formula is C11H13BrClNOS. The molecule has 0 saturated carbocycles. The van der Waals surface area contributed by atoms with Crippen molar-refractivity contribution in [3.05, 3.63) is 27.7 Å². The number of benzene rings is 1. The van der Waals surface area contributed by atoms with Gasteiger partial charge in [-0.3, -0.25) is 4.21 Å². The SMILES string of the molecule is O=S1CCC(Nc2cc(Cl)ccc2Br)CC1. The van der Waals surface area contributed by atoms with Crippen LogP contribution in [-0.2, 0) is 10.8 Å². The van der Waals surface area contributed by atoms with Gasteiger partial charge in [0.2, 0.25) is 0 Å². The summed E-state index contributed by atoms with van der Waals surface area (Å²) < 4.78 is 12.3. The second kappa shape index (κ2) is 5.52. The molecule has 0 bridgehead atoms. The minimum Gasteiger partial charge on any atom is -0.381 e. The van der Waals surface area contributed by atoms with Crippen LogP contribution < -0.4 is 5.32 Å². The van der Waals surface area contributed by atoms with Gasteiger partial charge in [0.1, 0.15) is 0 Å². The van der Waals surface area contributed by atoms with Crippen LogP contribution in [0.25, 0.3) is 0 Å². The van der Waals surface area contributed by atoms with Crippen LogP contribution in [0.3, 0.4) is 0 Å². The largest absolute Gasteiger partial charge is 0.381 e. The molecule has 88 valence electrons. The standard InChI is InChI=1S/C11H13BrClNOS/c12-10-2-1-8(13)7-11(10)14-9-3-5-16(15)6-4-9/h1-2,7,9,14H,3-6H2. The fourth-order valence-electron chi connectivity index (χ4n) is 1.77. The van der Waals surface area contributed by atoms with Crippen LogP contribution >= 0.6 is 27.5 Å². The van der Waals surface area contributed by atoms with Gasteiger partial charge in [0.05, 0.1) is 5.69 Å². The molecule has 1 fully saturated rings. The van der Waals surface area contributed by atoms with E-state index in [-0.39, 0.29) is 0 Å². The Morgan fingerprint density at radius 3 is 2.75 bits per heavy atom. The maximum atomic E-state index is 11.2. The molecule has 0 spiro atoms. The van der Waals surface area contributed by atoms with E-state index in [1.54, 1.807) is 0 Å². The lowest BCUT2D eigenvalue weighted by Crippen LogP contribution is -2.29. The third kappa shape index (κ3) is 3.22. The first kappa shape index (κ1) is 12.4. The monoisotopic (exact) mass is 321 g/mol. The number of halogens is 2. The van der Waals surface area contributed by atoms with Crippen LogP contribution in [0.1, 0.15) is 12.8 Å². The molecule has 1 aromatic carbocycles. The number of rotatable bonds is 2. The summed E-state index contributed by atoms with van der Waals surface area (Å²) in [5, 5.41) is 4.17. The molecule has 1 heterocycles. The highest BCUT2D eigenvalue weighted by Crippen LogP contribution is 2.27. The smallest absolute Gasteiger partial charge is 0.0501 e. The van der Waals surface area contributed by atoms with Gasteiger partial charge in [0.15, 0.2) is 0 Å². The lowest BCUT2D eigenvalue weighted by Gasteiger charge is -2.24. The van der Waals surface area contributed by atoms with Gasteiger partial charge in [-0.2, -0.15) is 0 Å². The first-order valence-electron chi connectivity index (χ1n) is 5.22. The Balaban J connectivity index is 2.03. The Kier molecular flexibility index (Phi) is 4.27. The predicted molar refractivity (Wildman–Crippen MR) is 73.7 cm³/mol. The Bertz CT molecular complexity index is 403. The summed E-state index contributed by atoms with van der Waals surface area (Å²) in [5.74, 6) is 1.60. The zero-order chi connectivity index (χ0) is 11.5. The van der Waals surface area contributed by atoms with Crippen molar-refractivity contribution < 1.29 is 4.21 Å². The van der Waals surface area contributed by atoms with Gasteiger partial charge in [-0.05, 0) is 47.0 Å². The van der Waals surface area contributed by atoms with Gasteiger partial charge in [-0.1, -0.05) is 11.6 Å². The van der Waals surface area contributed by atoms with Crippen LogP contribution in [0, 0.1) is 0 Å². The molecule has 2 nitrogen and oxygen atoms in total. The molecule has 1 aliphatic rings. The van der Waals surface area contributed by atoms with Gasteiger partial charge >= 0.3 is 0 Å². The van der Waals surface area contributed by atoms with Crippen molar-refractivity contribution in [1.29, 1.82) is 0 Å². The van der Waals surface area contributed by atoms with Crippen LogP contribution in [0.15, 0.2) is 22.7 Å². The average molecular weight is 323 g/mol. The predicted octanol–water partition coefficient (Wildman–Crippen LogP) is 3.43. The molecule has 0 atom stereocenters. The summed E-state index contributed by atoms with van der Waals surface area (Å²) in [4.78, 5) is 0. The molecule has 5 heteroatoms. The molecule has 16 heavy (non-hydrogen) atoms. The molecule has 0 aliphatic carbocycles. The molecule has 1 aromatic rings. The first-order valence-corrected chi connectivity index (χ1v) is 7.87. The van der Waals surface area contributed by atoms with Crippen molar-refractivity contribution in [2.24, 2.45) is 0 Å². The van der Waals surface area contributed by atoms with Gasteiger partial charge < -0.3 is 5.32 Å². The number of hydrogen-bond donors (Lipinski definition) is 1. The summed E-state index contributed by atoms with van der Waals surface area (Å²) in [7, 11) is -0.606. The van der Waals surface area contributed by atoms with Crippen molar-refractivity contribution in [3.8, 4) is 0 Å². The van der Waals surface area contributed by atoms with Gasteiger partial charge in [-0.15, -0.1) is 0 Å². The highest BCUT2D eigenvalue weighted by Gasteiger charge is 2.18. The van der Waals surface area contributed by atoms with Gasteiger partial charge in [-0.25, -0.2) is 0 Å². The molecule has 0 aromatic heterocycles. The maximum absolute atomic E-state index is 11.2. The second-order valence-corrected chi connectivity index (χ2v) is 6.88. The van der Waals surface area contributed by atoms with E-state index in [0.717, 1.165) is 39.5 Å². The fourth-order valence-corrected chi connectivity index (χ4v) is 3.60. The summed E-state index contributed by atoms with van der Waals surface area (Å²) in [6.07, 6.45) is 1.93. The van der Waals surface area contributed by atoms with Crippen molar-refractivity contribution in [1.82, 2.24) is 0 Å². The van der Waals surface area contributed by atoms with Crippen molar-refractivity contribution >= 4 is 44.0 Å². The topological polar surface area (TPSA) is 29.1 Å². The molecule has 2 rings (SSSR count). The van der Waals surface area contributed by atoms with E-state index in [1.807, 2.05) is 18.2 Å².